The Morgan fingerprint density at radius 2 is 1.90 bits per heavy atom. The number of nitrogens with two attached hydrogens (primary N) is 1. The van der Waals surface area contributed by atoms with E-state index < -0.39 is 13.5 Å². The molecule has 0 atom stereocenters. The molecule has 1 heterocycles. The minimum atomic E-state index is -4.04. The minimum absolute atomic E-state index is 0.141. The number of hydrogen-bond acceptors (Lipinski definition) is 3. The molecule has 7 nitrogen and oxygen atoms in total. The van der Waals surface area contributed by atoms with Gasteiger partial charge in [0, 0.05) is 23.1 Å². The highest BCUT2D eigenvalue weighted by Crippen LogP contribution is 2.36. The van der Waals surface area contributed by atoms with Gasteiger partial charge in [0.2, 0.25) is 5.91 Å². The van der Waals surface area contributed by atoms with Crippen molar-refractivity contribution in [2.75, 3.05) is 12.8 Å². The highest BCUT2D eigenvalue weighted by molar-refractivity contribution is 7.51. The van der Waals surface area contributed by atoms with Crippen LogP contribution >= 0.6 is 7.60 Å². The first kappa shape index (κ1) is 23.1. The van der Waals surface area contributed by atoms with Gasteiger partial charge in [-0.15, -0.1) is 0 Å². The first-order chi connectivity index (χ1) is 14.7. The molecule has 0 unspecified atom stereocenters. The lowest BCUT2D eigenvalue weighted by Crippen LogP contribution is -2.15. The summed E-state index contributed by atoms with van der Waals surface area (Å²) in [5.41, 5.74) is 10.6. The largest absolute Gasteiger partial charge is 0.493 e. The monoisotopic (exact) mass is 444 g/mol. The molecule has 3 rings (SSSR count). The Bertz CT molecular complexity index is 1120. The topological polar surface area (TPSA) is 115 Å². The molecule has 3 aromatic rings. The van der Waals surface area contributed by atoms with E-state index in [1.807, 2.05) is 37.3 Å². The third-order valence-corrected chi connectivity index (χ3v) is 6.20. The zero-order valence-electron chi connectivity index (χ0n) is 17.9. The first-order valence-corrected chi connectivity index (χ1v) is 12.1. The molecule has 8 heteroatoms. The number of rotatable bonds is 10. The highest BCUT2D eigenvalue weighted by Gasteiger charge is 2.20. The molecule has 1 aromatic heterocycles. The van der Waals surface area contributed by atoms with Crippen molar-refractivity contribution in [3.05, 3.63) is 64.8 Å². The molecule has 0 saturated heterocycles. The number of carbonyl (C=O) groups is 1. The van der Waals surface area contributed by atoms with Crippen LogP contribution in [-0.2, 0) is 28.7 Å². The van der Waals surface area contributed by atoms with Crippen LogP contribution < -0.4 is 10.5 Å². The average Bonchev–Trinajstić information content (AvgIpc) is 2.96. The Morgan fingerprint density at radius 3 is 2.52 bits per heavy atom. The smallest absolute Gasteiger partial charge is 0.325 e. The number of hydrogen-bond donors (Lipinski definition) is 3. The standard InChI is InChI=1S/C23H29N2O5P/c1-3-20-19(14-23(24)26)18-13-22(30-10-7-11-31(27,28)29)16(2)12-21(18)25(20)15-17-8-5-4-6-9-17/h4-6,8-9,12-13H,3,7,10-11,14-15H2,1-2H3,(H2,24,26)(H2,27,28,29). The summed E-state index contributed by atoms with van der Waals surface area (Å²) in [7, 11) is -4.04. The van der Waals surface area contributed by atoms with Crippen LogP contribution in [0.1, 0.15) is 35.7 Å². The highest BCUT2D eigenvalue weighted by atomic mass is 31.2. The third kappa shape index (κ3) is 5.76. The van der Waals surface area contributed by atoms with Gasteiger partial charge in [-0.2, -0.15) is 0 Å². The fourth-order valence-electron chi connectivity index (χ4n) is 3.93. The fraction of sp³-hybridized carbons (Fsp3) is 0.348. The van der Waals surface area contributed by atoms with Crippen molar-refractivity contribution in [3.63, 3.8) is 0 Å². The SMILES string of the molecule is CCc1c(CC(N)=O)c2cc(OCCCP(=O)(O)O)c(C)cc2n1Cc1ccccc1. The number of aromatic nitrogens is 1. The van der Waals surface area contributed by atoms with Crippen LogP contribution in [0.3, 0.4) is 0 Å². The van der Waals surface area contributed by atoms with Crippen molar-refractivity contribution in [2.45, 2.75) is 39.7 Å². The summed E-state index contributed by atoms with van der Waals surface area (Å²) in [4.78, 5) is 29.9. The predicted octanol–water partition coefficient (Wildman–Crippen LogP) is 3.53. The summed E-state index contributed by atoms with van der Waals surface area (Å²) in [5.74, 6) is 0.251. The quantitative estimate of drug-likeness (QED) is 0.327. The van der Waals surface area contributed by atoms with E-state index in [4.69, 9.17) is 20.3 Å². The maximum atomic E-state index is 11.8. The molecule has 0 radical (unpaired) electrons. The number of carbonyl (C=O) groups excluding carboxylic acids is 1. The number of nitrogens with zero attached hydrogens (tertiary/aromatic N) is 1. The Balaban J connectivity index is 2.02. The molecule has 0 saturated carbocycles. The third-order valence-electron chi connectivity index (χ3n) is 5.30. The summed E-state index contributed by atoms with van der Waals surface area (Å²) >= 11 is 0. The van der Waals surface area contributed by atoms with E-state index in [0.29, 0.717) is 12.3 Å². The molecule has 0 spiro atoms. The summed E-state index contributed by atoms with van der Waals surface area (Å²) < 4.78 is 19.1. The molecule has 31 heavy (non-hydrogen) atoms. The molecule has 166 valence electrons. The number of aryl methyl sites for hydroxylation is 1. The maximum absolute atomic E-state index is 11.8. The average molecular weight is 444 g/mol. The predicted molar refractivity (Wildman–Crippen MR) is 122 cm³/mol. The number of benzene rings is 2. The van der Waals surface area contributed by atoms with Crippen molar-refractivity contribution < 1.29 is 23.9 Å². The molecular weight excluding hydrogens is 415 g/mol. The van der Waals surface area contributed by atoms with Gasteiger partial charge in [0.15, 0.2) is 0 Å². The van der Waals surface area contributed by atoms with Crippen LogP contribution in [0.2, 0.25) is 0 Å². The van der Waals surface area contributed by atoms with Gasteiger partial charge in [0.1, 0.15) is 5.75 Å². The van der Waals surface area contributed by atoms with Crippen LogP contribution in [0.5, 0.6) is 5.75 Å². The molecule has 2 aromatic carbocycles. The Kier molecular flexibility index (Phi) is 7.21. The lowest BCUT2D eigenvalue weighted by atomic mass is 10.0. The van der Waals surface area contributed by atoms with E-state index in [1.165, 1.54) is 0 Å². The number of primary amides is 1. The normalized spacial score (nSPS) is 11.7. The molecule has 4 N–H and O–H groups in total. The molecule has 0 fully saturated rings. The van der Waals surface area contributed by atoms with Crippen LogP contribution in [0.15, 0.2) is 42.5 Å². The second-order valence-corrected chi connectivity index (χ2v) is 9.50. The van der Waals surface area contributed by atoms with Gasteiger partial charge in [-0.3, -0.25) is 9.36 Å². The Hall–Kier alpha value is -2.60. The van der Waals surface area contributed by atoms with Gasteiger partial charge in [-0.25, -0.2) is 0 Å². The van der Waals surface area contributed by atoms with Crippen LogP contribution in [0.25, 0.3) is 10.9 Å². The van der Waals surface area contributed by atoms with Gasteiger partial charge >= 0.3 is 7.60 Å². The number of amides is 1. The summed E-state index contributed by atoms with van der Waals surface area (Å²) in [6.45, 7) is 4.89. The van der Waals surface area contributed by atoms with E-state index in [1.54, 1.807) is 0 Å². The van der Waals surface area contributed by atoms with Crippen molar-refractivity contribution in [1.82, 2.24) is 4.57 Å². The number of fused-ring (bicyclic) bond motifs is 1. The Labute approximate surface area is 182 Å². The van der Waals surface area contributed by atoms with Crippen LogP contribution in [0, 0.1) is 6.92 Å². The van der Waals surface area contributed by atoms with Crippen LogP contribution in [0.4, 0.5) is 0 Å². The Morgan fingerprint density at radius 1 is 1.19 bits per heavy atom. The second-order valence-electron chi connectivity index (χ2n) is 7.72. The lowest BCUT2D eigenvalue weighted by Gasteiger charge is -2.13. The maximum Gasteiger partial charge on any atom is 0.325 e. The molecule has 0 aliphatic heterocycles. The first-order valence-electron chi connectivity index (χ1n) is 10.3. The molecule has 0 aliphatic rings. The lowest BCUT2D eigenvalue weighted by molar-refractivity contribution is -0.117. The van der Waals surface area contributed by atoms with Gasteiger partial charge in [-0.1, -0.05) is 37.3 Å². The molecular formula is C23H29N2O5P. The van der Waals surface area contributed by atoms with Crippen LogP contribution in [-0.4, -0.2) is 33.0 Å². The number of ether oxygens (including phenoxy) is 1. The summed E-state index contributed by atoms with van der Waals surface area (Å²) in [5, 5.41) is 0.919. The van der Waals surface area contributed by atoms with E-state index >= 15 is 0 Å². The molecule has 0 bridgehead atoms. The van der Waals surface area contributed by atoms with Crippen molar-refractivity contribution >= 4 is 24.4 Å². The van der Waals surface area contributed by atoms with E-state index in [9.17, 15) is 9.36 Å². The van der Waals surface area contributed by atoms with Gasteiger partial charge < -0.3 is 24.8 Å². The van der Waals surface area contributed by atoms with Gasteiger partial charge in [0.05, 0.1) is 19.2 Å². The van der Waals surface area contributed by atoms with Crippen molar-refractivity contribution in [3.8, 4) is 5.75 Å². The zero-order chi connectivity index (χ0) is 22.6. The zero-order valence-corrected chi connectivity index (χ0v) is 18.8. The minimum Gasteiger partial charge on any atom is -0.493 e. The second kappa shape index (κ2) is 9.69. The van der Waals surface area contributed by atoms with E-state index in [0.717, 1.165) is 39.7 Å². The summed E-state index contributed by atoms with van der Waals surface area (Å²) in [6.07, 6.45) is 0.934. The van der Waals surface area contributed by atoms with Gasteiger partial charge in [-0.05, 0) is 48.6 Å². The fourth-order valence-corrected chi connectivity index (χ4v) is 4.47. The van der Waals surface area contributed by atoms with E-state index in [-0.39, 0.29) is 25.6 Å². The summed E-state index contributed by atoms with van der Waals surface area (Å²) in [6, 6.07) is 14.1. The molecule has 1 amide bonds. The van der Waals surface area contributed by atoms with Crippen molar-refractivity contribution in [2.24, 2.45) is 5.73 Å². The van der Waals surface area contributed by atoms with Crippen molar-refractivity contribution in [1.29, 1.82) is 0 Å². The van der Waals surface area contributed by atoms with E-state index in [2.05, 4.69) is 23.6 Å². The van der Waals surface area contributed by atoms with Gasteiger partial charge in [0.25, 0.3) is 0 Å². The molecule has 0 aliphatic carbocycles.